The lowest BCUT2D eigenvalue weighted by Gasteiger charge is -2.12. The highest BCUT2D eigenvalue weighted by atomic mass is 79.9. The van der Waals surface area contributed by atoms with Gasteiger partial charge in [-0.2, -0.15) is 0 Å². The van der Waals surface area contributed by atoms with Crippen LogP contribution in [0.4, 0.5) is 0 Å². The van der Waals surface area contributed by atoms with E-state index in [0.717, 1.165) is 16.6 Å². The van der Waals surface area contributed by atoms with Crippen molar-refractivity contribution in [3.05, 3.63) is 22.3 Å². The zero-order valence-corrected chi connectivity index (χ0v) is 13.1. The van der Waals surface area contributed by atoms with Gasteiger partial charge in [0.1, 0.15) is 6.61 Å². The highest BCUT2D eigenvalue weighted by Crippen LogP contribution is 2.23. The number of nitrogens with one attached hydrogen (secondary N) is 1. The molecule has 0 aromatic carbocycles. The fraction of sp³-hybridized carbons (Fsp3) is 0.643. The van der Waals surface area contributed by atoms with Crippen molar-refractivity contribution in [1.29, 1.82) is 0 Å². The van der Waals surface area contributed by atoms with Gasteiger partial charge in [0.05, 0.1) is 12.7 Å². The van der Waals surface area contributed by atoms with E-state index in [-0.39, 0.29) is 6.10 Å². The van der Waals surface area contributed by atoms with Crippen molar-refractivity contribution < 1.29 is 9.47 Å². The number of pyridine rings is 1. The molecule has 0 aliphatic heterocycles. The molecule has 1 fully saturated rings. The third kappa shape index (κ3) is 5.47. The third-order valence-corrected chi connectivity index (χ3v) is 3.26. The molecule has 1 aliphatic rings. The van der Waals surface area contributed by atoms with Crippen LogP contribution in [0.25, 0.3) is 0 Å². The van der Waals surface area contributed by atoms with Crippen LogP contribution >= 0.6 is 15.9 Å². The van der Waals surface area contributed by atoms with Crippen molar-refractivity contribution in [2.45, 2.75) is 45.4 Å². The molecule has 1 N–H and O–H groups in total. The predicted octanol–water partition coefficient (Wildman–Crippen LogP) is 2.90. The lowest BCUT2D eigenvalue weighted by atomic mass is 10.2. The van der Waals surface area contributed by atoms with Gasteiger partial charge in [0.15, 0.2) is 0 Å². The maximum absolute atomic E-state index is 5.70. The largest absolute Gasteiger partial charge is 0.475 e. The highest BCUT2D eigenvalue weighted by Gasteiger charge is 2.21. The molecule has 0 unspecified atom stereocenters. The standard InChI is InChI=1S/C14H21BrN2O2/c1-10(2)18-5-6-19-14-11(7-12(15)9-17-14)8-16-13-3-4-13/h7,9-10,13,16H,3-6,8H2,1-2H3. The summed E-state index contributed by atoms with van der Waals surface area (Å²) < 4.78 is 12.1. The van der Waals surface area contributed by atoms with Crippen LogP contribution in [-0.4, -0.2) is 30.3 Å². The van der Waals surface area contributed by atoms with Crippen LogP contribution in [0.3, 0.4) is 0 Å². The number of aromatic nitrogens is 1. The molecule has 5 heteroatoms. The second-order valence-corrected chi connectivity index (χ2v) is 5.96. The molecule has 0 radical (unpaired) electrons. The Morgan fingerprint density at radius 3 is 2.89 bits per heavy atom. The molecule has 1 aliphatic carbocycles. The van der Waals surface area contributed by atoms with Gasteiger partial charge < -0.3 is 14.8 Å². The van der Waals surface area contributed by atoms with Crippen molar-refractivity contribution in [1.82, 2.24) is 10.3 Å². The number of halogens is 1. The maximum atomic E-state index is 5.70. The molecule has 1 saturated carbocycles. The van der Waals surface area contributed by atoms with Crippen molar-refractivity contribution in [3.63, 3.8) is 0 Å². The van der Waals surface area contributed by atoms with Crippen LogP contribution in [-0.2, 0) is 11.3 Å². The van der Waals surface area contributed by atoms with Gasteiger partial charge in [-0.1, -0.05) is 0 Å². The Morgan fingerprint density at radius 1 is 1.42 bits per heavy atom. The van der Waals surface area contributed by atoms with E-state index >= 15 is 0 Å². The van der Waals surface area contributed by atoms with E-state index < -0.39 is 0 Å². The molecule has 1 heterocycles. The van der Waals surface area contributed by atoms with E-state index in [1.165, 1.54) is 12.8 Å². The fourth-order valence-corrected chi connectivity index (χ4v) is 2.07. The maximum Gasteiger partial charge on any atom is 0.217 e. The fourth-order valence-electron chi connectivity index (χ4n) is 1.69. The van der Waals surface area contributed by atoms with Crippen LogP contribution in [0, 0.1) is 0 Å². The Kier molecular flexibility index (Phi) is 5.60. The van der Waals surface area contributed by atoms with Gasteiger partial charge >= 0.3 is 0 Å². The van der Waals surface area contributed by atoms with E-state index in [9.17, 15) is 0 Å². The van der Waals surface area contributed by atoms with Crippen molar-refractivity contribution in [2.75, 3.05) is 13.2 Å². The minimum absolute atomic E-state index is 0.234. The summed E-state index contributed by atoms with van der Waals surface area (Å²) in [7, 11) is 0. The first-order valence-corrected chi connectivity index (χ1v) is 7.56. The number of rotatable bonds is 8. The predicted molar refractivity (Wildman–Crippen MR) is 78.4 cm³/mol. The van der Waals surface area contributed by atoms with Gasteiger partial charge in [0.2, 0.25) is 5.88 Å². The zero-order chi connectivity index (χ0) is 13.7. The lowest BCUT2D eigenvalue weighted by Crippen LogP contribution is -2.17. The first-order chi connectivity index (χ1) is 9.15. The van der Waals surface area contributed by atoms with E-state index in [1.807, 2.05) is 13.8 Å². The van der Waals surface area contributed by atoms with Gasteiger partial charge in [-0.3, -0.25) is 0 Å². The topological polar surface area (TPSA) is 43.4 Å². The van der Waals surface area contributed by atoms with Crippen molar-refractivity contribution in [3.8, 4) is 5.88 Å². The van der Waals surface area contributed by atoms with Crippen LogP contribution in [0.1, 0.15) is 32.3 Å². The molecule has 0 bridgehead atoms. The quantitative estimate of drug-likeness (QED) is 0.745. The number of ether oxygens (including phenoxy) is 2. The van der Waals surface area contributed by atoms with Crippen molar-refractivity contribution in [2.24, 2.45) is 0 Å². The SMILES string of the molecule is CC(C)OCCOc1ncc(Br)cc1CNC1CC1. The summed E-state index contributed by atoms with van der Waals surface area (Å²) in [6, 6.07) is 2.73. The van der Waals surface area contributed by atoms with Crippen LogP contribution in [0.2, 0.25) is 0 Å². The second-order valence-electron chi connectivity index (χ2n) is 5.04. The Bertz CT molecular complexity index is 408. The van der Waals surface area contributed by atoms with Crippen molar-refractivity contribution >= 4 is 15.9 Å². The minimum atomic E-state index is 0.234. The summed E-state index contributed by atoms with van der Waals surface area (Å²) in [6.45, 7) is 5.96. The van der Waals surface area contributed by atoms with E-state index in [4.69, 9.17) is 9.47 Å². The average molecular weight is 329 g/mol. The summed E-state index contributed by atoms with van der Waals surface area (Å²) in [5.41, 5.74) is 1.09. The van der Waals surface area contributed by atoms with E-state index in [0.29, 0.717) is 25.1 Å². The van der Waals surface area contributed by atoms with E-state index in [1.54, 1.807) is 6.20 Å². The monoisotopic (exact) mass is 328 g/mol. The number of hydrogen-bond donors (Lipinski definition) is 1. The molecular formula is C14H21BrN2O2. The molecule has 1 aromatic heterocycles. The van der Waals surface area contributed by atoms with Gasteiger partial charge in [-0.15, -0.1) is 0 Å². The summed E-state index contributed by atoms with van der Waals surface area (Å²) in [5, 5.41) is 3.48. The number of nitrogens with zero attached hydrogens (tertiary/aromatic N) is 1. The summed E-state index contributed by atoms with van der Waals surface area (Å²) in [4.78, 5) is 4.33. The normalized spacial score (nSPS) is 14.9. The molecule has 0 spiro atoms. The van der Waals surface area contributed by atoms with Gasteiger partial charge in [0.25, 0.3) is 0 Å². The van der Waals surface area contributed by atoms with Gasteiger partial charge in [-0.25, -0.2) is 4.98 Å². The summed E-state index contributed by atoms with van der Waals surface area (Å²) in [5.74, 6) is 0.698. The Labute approximate surface area is 123 Å². The lowest BCUT2D eigenvalue weighted by molar-refractivity contribution is 0.0540. The highest BCUT2D eigenvalue weighted by molar-refractivity contribution is 9.10. The van der Waals surface area contributed by atoms with Gasteiger partial charge in [-0.05, 0) is 48.7 Å². The zero-order valence-electron chi connectivity index (χ0n) is 11.5. The molecule has 2 rings (SSSR count). The molecule has 4 nitrogen and oxygen atoms in total. The molecule has 19 heavy (non-hydrogen) atoms. The first-order valence-electron chi connectivity index (χ1n) is 6.77. The molecule has 0 atom stereocenters. The Balaban J connectivity index is 1.85. The van der Waals surface area contributed by atoms with Gasteiger partial charge in [0, 0.05) is 28.8 Å². The third-order valence-electron chi connectivity index (χ3n) is 2.82. The van der Waals surface area contributed by atoms with Crippen LogP contribution in [0.5, 0.6) is 5.88 Å². The molecule has 1 aromatic rings. The van der Waals surface area contributed by atoms with Crippen LogP contribution in [0.15, 0.2) is 16.7 Å². The van der Waals surface area contributed by atoms with E-state index in [2.05, 4.69) is 32.3 Å². The molecule has 106 valence electrons. The second kappa shape index (κ2) is 7.22. The average Bonchev–Trinajstić information content (AvgIpc) is 3.17. The molecular weight excluding hydrogens is 308 g/mol. The molecule has 0 saturated heterocycles. The Morgan fingerprint density at radius 2 is 2.21 bits per heavy atom. The number of hydrogen-bond acceptors (Lipinski definition) is 4. The Hall–Kier alpha value is -0.650. The van der Waals surface area contributed by atoms with Crippen LogP contribution < -0.4 is 10.1 Å². The summed E-state index contributed by atoms with van der Waals surface area (Å²) in [6.07, 6.45) is 4.55. The first kappa shape index (κ1) is 14.8. The smallest absolute Gasteiger partial charge is 0.217 e. The summed E-state index contributed by atoms with van der Waals surface area (Å²) >= 11 is 3.45. The minimum Gasteiger partial charge on any atom is -0.475 e. The molecule has 0 amide bonds.